The van der Waals surface area contributed by atoms with Crippen LogP contribution in [0.15, 0.2) is 59.9 Å². The zero-order valence-corrected chi connectivity index (χ0v) is 9.25. The van der Waals surface area contributed by atoms with Crippen molar-refractivity contribution in [2.24, 2.45) is 5.73 Å². The van der Waals surface area contributed by atoms with Crippen LogP contribution in [0, 0.1) is 0 Å². The van der Waals surface area contributed by atoms with Gasteiger partial charge in [-0.15, -0.1) is 0 Å². The molecule has 1 nitrogen and oxygen atoms in total. The van der Waals surface area contributed by atoms with Crippen LogP contribution in [-0.4, -0.2) is 0 Å². The van der Waals surface area contributed by atoms with Crippen LogP contribution >= 0.6 is 0 Å². The van der Waals surface area contributed by atoms with Gasteiger partial charge in [0, 0.05) is 5.70 Å². The molecule has 2 N–H and O–H groups in total. The van der Waals surface area contributed by atoms with E-state index in [0.29, 0.717) is 0 Å². The van der Waals surface area contributed by atoms with Crippen LogP contribution in [0.2, 0.25) is 0 Å². The van der Waals surface area contributed by atoms with E-state index in [1.54, 1.807) is 6.08 Å². The summed E-state index contributed by atoms with van der Waals surface area (Å²) >= 11 is 0. The maximum atomic E-state index is 5.53. The van der Waals surface area contributed by atoms with E-state index >= 15 is 0 Å². The third-order valence-corrected chi connectivity index (χ3v) is 1.81. The highest BCUT2D eigenvalue weighted by Crippen LogP contribution is 2.08. The quantitative estimate of drug-likeness (QED) is 0.673. The number of hydrogen-bond donors (Lipinski definition) is 1. The summed E-state index contributed by atoms with van der Waals surface area (Å²) in [7, 11) is 0. The third kappa shape index (κ3) is 6.06. The largest absolute Gasteiger partial charge is 0.402 e. The van der Waals surface area contributed by atoms with Crippen molar-refractivity contribution in [3.05, 3.63) is 59.9 Å². The Kier molecular flexibility index (Phi) is 6.21. The van der Waals surface area contributed by atoms with Gasteiger partial charge in [0.25, 0.3) is 0 Å². The molecule has 0 aromatic carbocycles. The van der Waals surface area contributed by atoms with E-state index in [9.17, 15) is 0 Å². The smallest absolute Gasteiger partial charge is 0.00489 e. The minimum Gasteiger partial charge on any atom is -0.402 e. The summed E-state index contributed by atoms with van der Waals surface area (Å²) in [5, 5.41) is 0. The predicted molar refractivity (Wildman–Crippen MR) is 64.8 cm³/mol. The second-order valence-corrected chi connectivity index (χ2v) is 3.23. The van der Waals surface area contributed by atoms with Crippen molar-refractivity contribution in [1.29, 1.82) is 0 Å². The Labute approximate surface area is 87.0 Å². The second kappa shape index (κ2) is 6.96. The lowest BCUT2D eigenvalue weighted by Gasteiger charge is -1.98. The number of allylic oxidation sites excluding steroid dienone is 9. The SMILES string of the molecule is C=C\C=C/C=C(C)/C(C)=C/C=C(\C)N. The Hall–Kier alpha value is -1.50. The van der Waals surface area contributed by atoms with E-state index < -0.39 is 0 Å². The van der Waals surface area contributed by atoms with Gasteiger partial charge in [0.15, 0.2) is 0 Å². The minimum absolute atomic E-state index is 0.818. The van der Waals surface area contributed by atoms with Gasteiger partial charge in [-0.25, -0.2) is 0 Å². The minimum atomic E-state index is 0.818. The lowest BCUT2D eigenvalue weighted by molar-refractivity contribution is 1.29. The van der Waals surface area contributed by atoms with Gasteiger partial charge in [0.2, 0.25) is 0 Å². The first-order chi connectivity index (χ1) is 6.57. The highest BCUT2D eigenvalue weighted by atomic mass is 14.5. The van der Waals surface area contributed by atoms with Crippen molar-refractivity contribution in [3.63, 3.8) is 0 Å². The first-order valence-corrected chi connectivity index (χ1v) is 4.65. The van der Waals surface area contributed by atoms with Crippen LogP contribution in [-0.2, 0) is 0 Å². The van der Waals surface area contributed by atoms with E-state index in [4.69, 9.17) is 5.73 Å². The van der Waals surface area contributed by atoms with Crippen molar-refractivity contribution in [2.75, 3.05) is 0 Å². The van der Waals surface area contributed by atoms with Gasteiger partial charge in [0.05, 0.1) is 0 Å². The predicted octanol–water partition coefficient (Wildman–Crippen LogP) is 3.48. The van der Waals surface area contributed by atoms with Gasteiger partial charge < -0.3 is 5.73 Å². The van der Waals surface area contributed by atoms with Gasteiger partial charge in [-0.2, -0.15) is 0 Å². The number of rotatable bonds is 4. The molecule has 76 valence electrons. The first-order valence-electron chi connectivity index (χ1n) is 4.65. The van der Waals surface area contributed by atoms with Gasteiger partial charge in [0.1, 0.15) is 0 Å². The molecule has 1 heteroatoms. The van der Waals surface area contributed by atoms with Crippen LogP contribution in [0.1, 0.15) is 20.8 Å². The summed E-state index contributed by atoms with van der Waals surface area (Å²) in [4.78, 5) is 0. The van der Waals surface area contributed by atoms with Crippen LogP contribution in [0.3, 0.4) is 0 Å². The molecule has 0 aliphatic rings. The molecule has 14 heavy (non-hydrogen) atoms. The van der Waals surface area contributed by atoms with Crippen LogP contribution < -0.4 is 5.73 Å². The number of nitrogens with two attached hydrogens (primary N) is 1. The monoisotopic (exact) mass is 189 g/mol. The molecule has 0 saturated carbocycles. The van der Waals surface area contributed by atoms with E-state index in [2.05, 4.69) is 20.4 Å². The van der Waals surface area contributed by atoms with Crippen molar-refractivity contribution >= 4 is 0 Å². The molecular formula is C13H19N. The molecule has 0 saturated heterocycles. The summed E-state index contributed by atoms with van der Waals surface area (Å²) < 4.78 is 0. The fourth-order valence-electron chi connectivity index (χ4n) is 0.798. The molecule has 0 atom stereocenters. The van der Waals surface area contributed by atoms with E-state index in [1.165, 1.54) is 11.1 Å². The standard InChI is InChI=1S/C13H19N/c1-5-6-7-8-11(2)12(3)9-10-13(4)14/h5-10H,1,14H2,2-4H3/b7-6-,11-8+,12-9+,13-10+. The average Bonchev–Trinajstić information content (AvgIpc) is 2.14. The zero-order valence-electron chi connectivity index (χ0n) is 9.25. The van der Waals surface area contributed by atoms with Gasteiger partial charge in [-0.05, 0) is 38.0 Å². The lowest BCUT2D eigenvalue weighted by atomic mass is 10.1. The summed E-state index contributed by atoms with van der Waals surface area (Å²) in [6.45, 7) is 9.61. The normalized spacial score (nSPS) is 14.9. The highest BCUT2D eigenvalue weighted by Gasteiger charge is 1.88. The topological polar surface area (TPSA) is 26.0 Å². The third-order valence-electron chi connectivity index (χ3n) is 1.81. The lowest BCUT2D eigenvalue weighted by Crippen LogP contribution is -1.88. The Morgan fingerprint density at radius 2 is 1.50 bits per heavy atom. The Balaban J connectivity index is 4.52. The molecular weight excluding hydrogens is 170 g/mol. The Morgan fingerprint density at radius 1 is 0.929 bits per heavy atom. The van der Waals surface area contributed by atoms with Crippen LogP contribution in [0.25, 0.3) is 0 Å². The summed E-state index contributed by atoms with van der Waals surface area (Å²) in [5.41, 5.74) is 8.79. The Morgan fingerprint density at radius 3 is 2.00 bits per heavy atom. The zero-order chi connectivity index (χ0) is 11.0. The molecule has 0 amide bonds. The fourth-order valence-corrected chi connectivity index (χ4v) is 0.798. The molecule has 0 radical (unpaired) electrons. The van der Waals surface area contributed by atoms with Crippen LogP contribution in [0.5, 0.6) is 0 Å². The molecule has 0 aromatic rings. The van der Waals surface area contributed by atoms with E-state index in [1.807, 2.05) is 37.3 Å². The van der Waals surface area contributed by atoms with E-state index in [0.717, 1.165) is 5.70 Å². The van der Waals surface area contributed by atoms with Crippen molar-refractivity contribution in [3.8, 4) is 0 Å². The summed E-state index contributed by atoms with van der Waals surface area (Å²) in [6, 6.07) is 0. The Bertz CT molecular complexity index is 297. The molecule has 0 spiro atoms. The van der Waals surface area contributed by atoms with Crippen molar-refractivity contribution in [2.45, 2.75) is 20.8 Å². The van der Waals surface area contributed by atoms with Gasteiger partial charge in [-0.3, -0.25) is 0 Å². The first kappa shape index (κ1) is 12.5. The second-order valence-electron chi connectivity index (χ2n) is 3.23. The molecule has 0 unspecified atom stereocenters. The van der Waals surface area contributed by atoms with Crippen molar-refractivity contribution in [1.82, 2.24) is 0 Å². The molecule has 0 heterocycles. The van der Waals surface area contributed by atoms with E-state index in [-0.39, 0.29) is 0 Å². The summed E-state index contributed by atoms with van der Waals surface area (Å²) in [6.07, 6.45) is 11.6. The summed E-state index contributed by atoms with van der Waals surface area (Å²) in [5.74, 6) is 0. The van der Waals surface area contributed by atoms with Crippen LogP contribution in [0.4, 0.5) is 0 Å². The fraction of sp³-hybridized carbons (Fsp3) is 0.231. The van der Waals surface area contributed by atoms with Gasteiger partial charge in [-0.1, -0.05) is 37.0 Å². The molecule has 0 rings (SSSR count). The number of hydrogen-bond acceptors (Lipinski definition) is 1. The molecule has 0 bridgehead atoms. The average molecular weight is 189 g/mol. The molecule has 0 aromatic heterocycles. The highest BCUT2D eigenvalue weighted by molar-refractivity contribution is 5.33. The maximum absolute atomic E-state index is 5.53. The molecule has 0 fully saturated rings. The van der Waals surface area contributed by atoms with Gasteiger partial charge >= 0.3 is 0 Å². The maximum Gasteiger partial charge on any atom is 0.00489 e. The van der Waals surface area contributed by atoms with Crippen molar-refractivity contribution < 1.29 is 0 Å². The molecule has 0 aliphatic heterocycles. The molecule has 0 aliphatic carbocycles.